The Labute approximate surface area is 468 Å². The summed E-state index contributed by atoms with van der Waals surface area (Å²) in [5.41, 5.74) is 20.8. The number of pyridine rings is 1. The van der Waals surface area contributed by atoms with Crippen LogP contribution in [0.2, 0.25) is 0 Å². The molecule has 12 rings (SSSR count). The number of anilines is 3. The number of para-hydroxylation sites is 3. The van der Waals surface area contributed by atoms with Gasteiger partial charge in [0.25, 0.3) is 0 Å². The highest BCUT2D eigenvalue weighted by Gasteiger charge is 2.20. The molecule has 0 aliphatic rings. The van der Waals surface area contributed by atoms with Gasteiger partial charge in [0, 0.05) is 61.0 Å². The first-order valence-corrected chi connectivity index (χ1v) is 26.9. The second-order valence-electron chi connectivity index (χ2n) is 20.0. The molecule has 0 N–H and O–H groups in total. The van der Waals surface area contributed by atoms with Gasteiger partial charge in [-0.15, -0.1) is 0 Å². The number of allylic oxidation sites excluding steroid dienone is 2. The van der Waals surface area contributed by atoms with E-state index in [0.29, 0.717) is 11.5 Å². The first-order valence-electron chi connectivity index (χ1n) is 26.9. The Morgan fingerprint density at radius 3 is 1.79 bits per heavy atom. The molecule has 0 unspecified atom stereocenters. The van der Waals surface area contributed by atoms with Crippen LogP contribution in [0.4, 0.5) is 17.1 Å². The molecular weight excluding hydrogens is 973 g/mol. The van der Waals surface area contributed by atoms with Crippen LogP contribution in [0.5, 0.6) is 0 Å². The van der Waals surface area contributed by atoms with Crippen LogP contribution >= 0.6 is 0 Å². The van der Waals surface area contributed by atoms with E-state index in [1.165, 1.54) is 32.8 Å². The second kappa shape index (κ2) is 23.2. The number of rotatable bonds is 12. The molecule has 5 heteroatoms. The minimum atomic E-state index is 0.591. The fourth-order valence-electron chi connectivity index (χ4n) is 10.6. The smallest absolute Gasteiger partial charge is 0.159 e. The number of fused-ring (bicyclic) bond motifs is 6. The van der Waals surface area contributed by atoms with Crippen molar-refractivity contribution in [2.24, 2.45) is 9.98 Å². The number of aryl methyl sites for hydroxylation is 2. The van der Waals surface area contributed by atoms with Gasteiger partial charge in [0.15, 0.2) is 5.84 Å². The van der Waals surface area contributed by atoms with Crippen LogP contribution in [0.1, 0.15) is 30.5 Å². The standard InChI is InChI=1S/C57H40N2O.C18H20N2/c1-37-14-10-22-46(54(37)56-55-38(2)15-11-24-50(55)48-20-6-8-26-52(48)58-56)40-28-32-43(33-29-40)59(45-19-12-18-42(36-45)39-16-4-3-5-17-39)44-34-30-41(31-35-44)47-23-13-25-51-49-21-7-9-27-53(49)60-57(47)51;1-6-11-16(7-2)18(19-14(3)4)20-15(5)17-12-9-8-10-13-17/h3-36H,1-2H3;6-13H,1-2,5H2,3-4H3/b;16-11+,20-18?. The summed E-state index contributed by atoms with van der Waals surface area (Å²) in [6.07, 6.45) is 5.24. The summed E-state index contributed by atoms with van der Waals surface area (Å²) in [4.78, 5) is 16.7. The van der Waals surface area contributed by atoms with Gasteiger partial charge in [-0.25, -0.2) is 15.0 Å². The van der Waals surface area contributed by atoms with Crippen molar-refractivity contribution in [1.82, 2.24) is 4.98 Å². The van der Waals surface area contributed by atoms with Crippen LogP contribution in [0.15, 0.2) is 295 Å². The normalized spacial score (nSPS) is 11.6. The van der Waals surface area contributed by atoms with Crippen molar-refractivity contribution < 1.29 is 4.42 Å². The Morgan fingerprint density at radius 2 is 1.07 bits per heavy atom. The van der Waals surface area contributed by atoms with E-state index >= 15 is 0 Å². The third kappa shape index (κ3) is 10.6. The number of hydrogen-bond acceptors (Lipinski definition) is 4. The van der Waals surface area contributed by atoms with Gasteiger partial charge in [0.05, 0.1) is 16.9 Å². The first-order chi connectivity index (χ1) is 39.2. The maximum atomic E-state index is 6.43. The topological polar surface area (TPSA) is 54.0 Å². The van der Waals surface area contributed by atoms with Gasteiger partial charge in [-0.05, 0) is 126 Å². The highest BCUT2D eigenvalue weighted by molar-refractivity contribution is 6.14. The molecule has 386 valence electrons. The van der Waals surface area contributed by atoms with Gasteiger partial charge in [-0.3, -0.25) is 0 Å². The molecule has 0 spiro atoms. The van der Waals surface area contributed by atoms with Gasteiger partial charge in [0.1, 0.15) is 11.2 Å². The van der Waals surface area contributed by atoms with E-state index in [1.54, 1.807) is 12.2 Å². The third-order valence-corrected chi connectivity index (χ3v) is 14.4. The Bertz CT molecular complexity index is 4370. The number of furan rings is 1. The zero-order valence-corrected chi connectivity index (χ0v) is 45.6. The fraction of sp³-hybridized carbons (Fsp3) is 0.0533. The minimum Gasteiger partial charge on any atom is -0.455 e. The van der Waals surface area contributed by atoms with E-state index in [0.717, 1.165) is 100 Å². The monoisotopic (exact) mass is 1030 g/mol. The molecule has 12 aromatic rings. The van der Waals surface area contributed by atoms with E-state index in [1.807, 2.05) is 62.4 Å². The molecule has 5 nitrogen and oxygen atoms in total. The number of benzene rings is 10. The molecule has 0 fully saturated rings. The molecular formula is C75H60N4O. The van der Waals surface area contributed by atoms with Gasteiger partial charge < -0.3 is 9.32 Å². The van der Waals surface area contributed by atoms with Crippen LogP contribution in [0.3, 0.4) is 0 Å². The summed E-state index contributed by atoms with van der Waals surface area (Å²) in [7, 11) is 0. The predicted molar refractivity (Wildman–Crippen MR) is 343 cm³/mol. The van der Waals surface area contributed by atoms with E-state index < -0.39 is 0 Å². The second-order valence-corrected chi connectivity index (χ2v) is 20.0. The Morgan fingerprint density at radius 1 is 0.500 bits per heavy atom. The Balaban J connectivity index is 0.000000287. The summed E-state index contributed by atoms with van der Waals surface area (Å²) in [6, 6.07) is 83.4. The van der Waals surface area contributed by atoms with E-state index in [2.05, 4.69) is 243 Å². The molecule has 80 heavy (non-hydrogen) atoms. The lowest BCUT2D eigenvalue weighted by Gasteiger charge is -2.26. The van der Waals surface area contributed by atoms with Gasteiger partial charge in [-0.1, -0.05) is 226 Å². The van der Waals surface area contributed by atoms with Crippen molar-refractivity contribution in [3.05, 3.63) is 297 Å². The largest absolute Gasteiger partial charge is 0.455 e. The fourth-order valence-corrected chi connectivity index (χ4v) is 10.6. The minimum absolute atomic E-state index is 0.591. The maximum Gasteiger partial charge on any atom is 0.159 e. The lowest BCUT2D eigenvalue weighted by Crippen LogP contribution is -2.10. The molecule has 0 bridgehead atoms. The summed E-state index contributed by atoms with van der Waals surface area (Å²) in [5.74, 6) is 0.591. The number of aromatic nitrogens is 1. The Hall–Kier alpha value is -10.2. The number of hydrogen-bond donors (Lipinski definition) is 0. The SMILES string of the molecule is C=C/C=C(\C=C)C(N=C(C)C)=NC(=C)c1ccccc1.Cc1cccc(-c2ccc(N(c3ccc(-c4cccc5c4oc4ccccc45)cc3)c3cccc(-c4ccccc4)c3)cc2)c1-c1nc2ccccc2c2cccc(C)c12. The van der Waals surface area contributed by atoms with Crippen LogP contribution < -0.4 is 4.90 Å². The average Bonchev–Trinajstić information content (AvgIpc) is 4.02. The molecule has 0 atom stereocenters. The molecule has 10 aromatic carbocycles. The van der Waals surface area contributed by atoms with E-state index in [9.17, 15) is 0 Å². The van der Waals surface area contributed by atoms with Crippen LogP contribution in [0.25, 0.3) is 93.9 Å². The van der Waals surface area contributed by atoms with Crippen LogP contribution in [-0.2, 0) is 0 Å². The lowest BCUT2D eigenvalue weighted by molar-refractivity contribution is 0.670. The van der Waals surface area contributed by atoms with Crippen molar-refractivity contribution in [2.45, 2.75) is 27.7 Å². The zero-order valence-electron chi connectivity index (χ0n) is 45.6. The molecule has 2 heterocycles. The molecule has 0 amide bonds. The van der Waals surface area contributed by atoms with E-state index in [-0.39, 0.29) is 0 Å². The summed E-state index contributed by atoms with van der Waals surface area (Å²) >= 11 is 0. The number of nitrogens with zero attached hydrogens (tertiary/aromatic N) is 4. The maximum absolute atomic E-state index is 6.43. The van der Waals surface area contributed by atoms with Crippen LogP contribution in [0, 0.1) is 13.8 Å². The Kier molecular flexibility index (Phi) is 15.0. The summed E-state index contributed by atoms with van der Waals surface area (Å²) in [6.45, 7) is 19.7. The highest BCUT2D eigenvalue weighted by Crippen LogP contribution is 2.44. The quantitative estimate of drug-likeness (QED) is 0.0530. The number of amidine groups is 1. The zero-order chi connectivity index (χ0) is 55.1. The van der Waals surface area contributed by atoms with Crippen molar-refractivity contribution in [3.8, 4) is 44.6 Å². The van der Waals surface area contributed by atoms with Crippen molar-refractivity contribution in [2.75, 3.05) is 4.90 Å². The summed E-state index contributed by atoms with van der Waals surface area (Å²) < 4.78 is 6.43. The van der Waals surface area contributed by atoms with Gasteiger partial charge in [-0.2, -0.15) is 0 Å². The average molecular weight is 1030 g/mol. The van der Waals surface area contributed by atoms with Crippen molar-refractivity contribution in [3.63, 3.8) is 0 Å². The van der Waals surface area contributed by atoms with Crippen molar-refractivity contribution in [1.29, 1.82) is 0 Å². The molecule has 0 saturated heterocycles. The molecule has 0 saturated carbocycles. The van der Waals surface area contributed by atoms with Crippen LogP contribution in [-0.4, -0.2) is 16.5 Å². The van der Waals surface area contributed by atoms with Crippen molar-refractivity contribution >= 4 is 77.9 Å². The van der Waals surface area contributed by atoms with Gasteiger partial charge in [0.2, 0.25) is 0 Å². The van der Waals surface area contributed by atoms with E-state index in [4.69, 9.17) is 9.40 Å². The molecule has 0 aliphatic heterocycles. The molecule has 0 radical (unpaired) electrons. The molecule has 0 aliphatic carbocycles. The summed E-state index contributed by atoms with van der Waals surface area (Å²) in [5, 5.41) is 5.87. The number of aliphatic imine (C=N–C) groups is 2. The first kappa shape index (κ1) is 51.9. The predicted octanol–water partition coefficient (Wildman–Crippen LogP) is 20.9. The van der Waals surface area contributed by atoms with Gasteiger partial charge >= 0.3 is 0 Å². The highest BCUT2D eigenvalue weighted by atomic mass is 16.3. The lowest BCUT2D eigenvalue weighted by atomic mass is 9.89. The third-order valence-electron chi connectivity index (χ3n) is 14.4. The molecule has 2 aromatic heterocycles.